The number of urea groups is 1. The largest absolute Gasteiger partial charge is 0.393 e. The molecular weight excluding hydrogens is 530 g/mol. The number of carbonyl (C=O) groups is 2. The summed E-state index contributed by atoms with van der Waals surface area (Å²) >= 11 is 1.95. The molecule has 3 amide bonds. The minimum atomic E-state index is -0.119. The zero-order valence-electron chi connectivity index (χ0n) is 25.8. The summed E-state index contributed by atoms with van der Waals surface area (Å²) < 4.78 is 0. The van der Waals surface area contributed by atoms with Crippen LogP contribution in [0.4, 0.5) is 4.79 Å². The lowest BCUT2D eigenvalue weighted by atomic mass is 9.47. The smallest absolute Gasteiger partial charge is 0.315 e. The van der Waals surface area contributed by atoms with E-state index in [9.17, 15) is 14.7 Å². The number of aliphatic hydroxyl groups is 1. The van der Waals surface area contributed by atoms with Crippen LogP contribution in [0.5, 0.6) is 0 Å². The molecule has 230 valence electrons. The minimum absolute atomic E-state index is 0.0238. The summed E-state index contributed by atoms with van der Waals surface area (Å²) in [7, 11) is 0. The third-order valence-electron chi connectivity index (χ3n) is 13.1. The average Bonchev–Trinajstić information content (AvgIpc) is 3.61. The Morgan fingerprint density at radius 3 is 2.83 bits per heavy atom. The van der Waals surface area contributed by atoms with Gasteiger partial charge < -0.3 is 21.1 Å². The first-order valence-electron chi connectivity index (χ1n) is 17.0. The molecule has 41 heavy (non-hydrogen) atoms. The molecule has 6 unspecified atom stereocenters. The first-order chi connectivity index (χ1) is 19.7. The second kappa shape index (κ2) is 12.1. The van der Waals surface area contributed by atoms with Crippen molar-refractivity contribution in [1.82, 2.24) is 16.0 Å². The van der Waals surface area contributed by atoms with Crippen molar-refractivity contribution in [3.8, 4) is 0 Å². The van der Waals surface area contributed by atoms with E-state index in [-0.39, 0.29) is 30.1 Å². The Labute approximate surface area is 252 Å². The maximum atomic E-state index is 12.5. The van der Waals surface area contributed by atoms with E-state index in [2.05, 4.69) is 42.8 Å². The van der Waals surface area contributed by atoms with Crippen LogP contribution < -0.4 is 16.0 Å². The van der Waals surface area contributed by atoms with Crippen molar-refractivity contribution in [2.45, 2.75) is 134 Å². The van der Waals surface area contributed by atoms with Crippen LogP contribution in [0.3, 0.4) is 0 Å². The molecule has 4 N–H and O–H groups in total. The van der Waals surface area contributed by atoms with Crippen LogP contribution in [0, 0.1) is 40.4 Å². The Bertz CT molecular complexity index is 1020. The van der Waals surface area contributed by atoms with Gasteiger partial charge in [0.1, 0.15) is 0 Å². The van der Waals surface area contributed by atoms with E-state index in [4.69, 9.17) is 0 Å². The van der Waals surface area contributed by atoms with E-state index < -0.39 is 0 Å². The molecule has 0 aromatic heterocycles. The Morgan fingerprint density at radius 2 is 1.98 bits per heavy atom. The van der Waals surface area contributed by atoms with E-state index in [1.807, 2.05) is 11.8 Å². The first kappa shape index (κ1) is 29.8. The zero-order valence-corrected chi connectivity index (χ0v) is 26.6. The lowest BCUT2D eigenvalue weighted by Crippen LogP contribution is -2.50. The van der Waals surface area contributed by atoms with E-state index in [0.29, 0.717) is 28.4 Å². The van der Waals surface area contributed by atoms with Gasteiger partial charge in [-0.25, -0.2) is 4.79 Å². The molecule has 6 nitrogen and oxygen atoms in total. The molecule has 0 aromatic rings. The van der Waals surface area contributed by atoms with Crippen molar-refractivity contribution in [3.63, 3.8) is 0 Å². The number of hydrogen-bond acceptors (Lipinski definition) is 4. The molecule has 0 radical (unpaired) electrons. The van der Waals surface area contributed by atoms with Gasteiger partial charge in [0.15, 0.2) is 0 Å². The van der Waals surface area contributed by atoms with Crippen molar-refractivity contribution in [2.24, 2.45) is 40.4 Å². The third-order valence-corrected chi connectivity index (χ3v) is 14.6. The number of carbonyl (C=O) groups excluding carboxylic acids is 2. The van der Waals surface area contributed by atoms with Crippen molar-refractivity contribution in [2.75, 3.05) is 12.3 Å². The van der Waals surface area contributed by atoms with Gasteiger partial charge in [-0.2, -0.15) is 11.8 Å². The summed E-state index contributed by atoms with van der Waals surface area (Å²) in [5.41, 5.74) is 2.37. The maximum absolute atomic E-state index is 12.5. The number of nitrogens with one attached hydrogen (secondary N) is 3. The molecule has 2 heterocycles. The van der Waals surface area contributed by atoms with Crippen molar-refractivity contribution >= 4 is 23.7 Å². The fourth-order valence-corrected chi connectivity index (χ4v) is 12.4. The van der Waals surface area contributed by atoms with Gasteiger partial charge in [-0.3, -0.25) is 4.79 Å². The van der Waals surface area contributed by atoms with E-state index in [1.54, 1.807) is 5.57 Å². The van der Waals surface area contributed by atoms with E-state index >= 15 is 0 Å². The van der Waals surface area contributed by atoms with Crippen LogP contribution >= 0.6 is 11.8 Å². The summed E-state index contributed by atoms with van der Waals surface area (Å²) in [5, 5.41) is 20.0. The number of rotatable bonds is 10. The van der Waals surface area contributed by atoms with Gasteiger partial charge in [-0.05, 0) is 117 Å². The lowest BCUT2D eigenvalue weighted by Gasteiger charge is -2.58. The van der Waals surface area contributed by atoms with Gasteiger partial charge in [0.05, 0.1) is 18.2 Å². The topological polar surface area (TPSA) is 90.5 Å². The maximum Gasteiger partial charge on any atom is 0.315 e. The summed E-state index contributed by atoms with van der Waals surface area (Å²) in [4.78, 5) is 24.0. The van der Waals surface area contributed by atoms with Crippen LogP contribution in [0.25, 0.3) is 0 Å². The standard InChI is InChI=1S/C34H55N3O3S/c1-21(7-6-18-35-30(39)9-5-4-8-29-31-28(20-41-29)36-32(40)37-31)25-12-13-26-24-11-10-22-19-23(38)14-16-33(22,2)27(24)15-17-34(25,26)3/h10,21,23-29,31,38H,4-9,11-20H2,1-3H3,(H,35,39)(H2,36,37,40)/t21-,23+,24?,25?,26?,27?,28?,29+,31?,33+,34-/m1/s1. The van der Waals surface area contributed by atoms with Crippen molar-refractivity contribution in [3.05, 3.63) is 11.6 Å². The quantitative estimate of drug-likeness (QED) is 0.140. The molecule has 0 bridgehead atoms. The van der Waals surface area contributed by atoms with Crippen LogP contribution in [-0.2, 0) is 4.79 Å². The van der Waals surface area contributed by atoms with Crippen LogP contribution in [-0.4, -0.2) is 52.8 Å². The Hall–Kier alpha value is -1.21. The molecule has 6 aliphatic rings. The number of unbranched alkanes of at least 4 members (excludes halogenated alkanes) is 1. The average molecular weight is 586 g/mol. The molecule has 11 atom stereocenters. The zero-order chi connectivity index (χ0) is 28.8. The first-order valence-corrected chi connectivity index (χ1v) is 18.1. The number of hydrogen-bond donors (Lipinski definition) is 4. The van der Waals surface area contributed by atoms with E-state index in [0.717, 1.165) is 74.5 Å². The summed E-state index contributed by atoms with van der Waals surface area (Å²) in [5.74, 6) is 5.21. The summed E-state index contributed by atoms with van der Waals surface area (Å²) in [6.07, 6.45) is 18.2. The normalized spacial score (nSPS) is 43.6. The minimum Gasteiger partial charge on any atom is -0.393 e. The molecule has 0 aromatic carbocycles. The number of fused-ring (bicyclic) bond motifs is 6. The van der Waals surface area contributed by atoms with Crippen molar-refractivity contribution in [1.29, 1.82) is 0 Å². The molecule has 7 heteroatoms. The monoisotopic (exact) mass is 585 g/mol. The molecular formula is C34H55N3O3S. The third kappa shape index (κ3) is 5.72. The van der Waals surface area contributed by atoms with Crippen LogP contribution in [0.1, 0.15) is 111 Å². The van der Waals surface area contributed by atoms with Gasteiger partial charge in [0.25, 0.3) is 0 Å². The van der Waals surface area contributed by atoms with Gasteiger partial charge in [0, 0.05) is 24.0 Å². The second-order valence-electron chi connectivity index (χ2n) is 15.2. The van der Waals surface area contributed by atoms with Gasteiger partial charge >= 0.3 is 6.03 Å². The highest BCUT2D eigenvalue weighted by atomic mass is 32.2. The van der Waals surface area contributed by atoms with Gasteiger partial charge in [-0.1, -0.05) is 38.8 Å². The summed E-state index contributed by atoms with van der Waals surface area (Å²) in [6.45, 7) is 8.46. The second-order valence-corrected chi connectivity index (χ2v) is 16.5. The Kier molecular flexibility index (Phi) is 8.77. The van der Waals surface area contributed by atoms with Gasteiger partial charge in [-0.15, -0.1) is 0 Å². The highest BCUT2D eigenvalue weighted by molar-refractivity contribution is 8.00. The predicted octanol–water partition coefficient (Wildman–Crippen LogP) is 6.18. The Morgan fingerprint density at radius 1 is 1.12 bits per heavy atom. The summed E-state index contributed by atoms with van der Waals surface area (Å²) in [6, 6.07) is 0.520. The molecule has 2 aliphatic heterocycles. The van der Waals surface area contributed by atoms with Crippen LogP contribution in [0.2, 0.25) is 0 Å². The van der Waals surface area contributed by atoms with Crippen LogP contribution in [0.15, 0.2) is 11.6 Å². The van der Waals surface area contributed by atoms with Gasteiger partial charge in [0.2, 0.25) is 5.91 Å². The molecule has 0 spiro atoms. The molecule has 2 saturated heterocycles. The lowest BCUT2D eigenvalue weighted by molar-refractivity contribution is -0.121. The molecule has 5 fully saturated rings. The highest BCUT2D eigenvalue weighted by Gasteiger charge is 2.59. The fourth-order valence-electron chi connectivity index (χ4n) is 10.8. The fraction of sp³-hybridized carbons (Fsp3) is 0.882. The van der Waals surface area contributed by atoms with E-state index in [1.165, 1.54) is 44.9 Å². The number of thioether (sulfide) groups is 1. The molecule has 3 saturated carbocycles. The molecule has 4 aliphatic carbocycles. The SMILES string of the molecule is C[C@H](CCCNC(=O)CCCC[C@@H]1SCC2NC(=O)NC21)C1CCC2C3CC=C4C[C@@H](O)CC[C@]4(C)C3CC[C@@]21C. The number of amides is 3. The number of aliphatic hydroxyl groups excluding tert-OH is 1. The van der Waals surface area contributed by atoms with Crippen molar-refractivity contribution < 1.29 is 14.7 Å². The number of allylic oxidation sites excluding steroid dienone is 1. The predicted molar refractivity (Wildman–Crippen MR) is 167 cm³/mol. The molecule has 6 rings (SSSR count). The Balaban J connectivity index is 0.908. The highest BCUT2D eigenvalue weighted by Crippen LogP contribution is 2.67.